The second kappa shape index (κ2) is 12.2. The van der Waals surface area contributed by atoms with E-state index in [1.165, 1.54) is 12.1 Å². The van der Waals surface area contributed by atoms with Gasteiger partial charge in [0.05, 0.1) is 7.11 Å². The highest BCUT2D eigenvalue weighted by atomic mass is 127. The first-order valence-electron chi connectivity index (χ1n) is 8.70. The molecule has 28 heavy (non-hydrogen) atoms. The van der Waals surface area contributed by atoms with Crippen molar-refractivity contribution >= 4 is 41.5 Å². The van der Waals surface area contributed by atoms with Crippen LogP contribution in [0, 0.1) is 5.82 Å². The molecule has 0 saturated heterocycles. The number of rotatable bonds is 7. The van der Waals surface area contributed by atoms with Crippen LogP contribution in [-0.2, 0) is 11.3 Å². The second-order valence-corrected chi connectivity index (χ2v) is 5.90. The first-order valence-corrected chi connectivity index (χ1v) is 8.70. The van der Waals surface area contributed by atoms with Crippen molar-refractivity contribution in [3.05, 3.63) is 59.9 Å². The zero-order valence-corrected chi connectivity index (χ0v) is 18.6. The molecule has 0 radical (unpaired) electrons. The number of para-hydroxylation sites is 1. The molecule has 0 fully saturated rings. The fraction of sp³-hybridized carbons (Fsp3) is 0.300. The van der Waals surface area contributed by atoms with Crippen LogP contribution in [0.1, 0.15) is 12.5 Å². The van der Waals surface area contributed by atoms with Crippen LogP contribution in [0.3, 0.4) is 0 Å². The molecule has 0 aliphatic heterocycles. The largest absolute Gasteiger partial charge is 0.496 e. The van der Waals surface area contributed by atoms with E-state index in [9.17, 15) is 9.18 Å². The lowest BCUT2D eigenvalue weighted by Gasteiger charge is -2.23. The van der Waals surface area contributed by atoms with Crippen LogP contribution in [0.2, 0.25) is 0 Å². The number of nitrogens with zero attached hydrogens (tertiary/aromatic N) is 2. The SMILES string of the molecule is CCNC(=NCC(=O)Nc1cccc(F)c1)N(C)Cc1ccccc1OC.I. The predicted molar refractivity (Wildman–Crippen MR) is 121 cm³/mol. The van der Waals surface area contributed by atoms with E-state index in [0.717, 1.165) is 11.3 Å². The highest BCUT2D eigenvalue weighted by Crippen LogP contribution is 2.18. The number of aliphatic imine (C=N–C) groups is 1. The Labute approximate surface area is 182 Å². The van der Waals surface area contributed by atoms with Crippen molar-refractivity contribution < 1.29 is 13.9 Å². The number of carbonyl (C=O) groups excluding carboxylic acids is 1. The summed E-state index contributed by atoms with van der Waals surface area (Å²) in [4.78, 5) is 18.4. The highest BCUT2D eigenvalue weighted by molar-refractivity contribution is 14.0. The number of anilines is 1. The lowest BCUT2D eigenvalue weighted by atomic mass is 10.2. The third kappa shape index (κ3) is 7.34. The number of amides is 1. The lowest BCUT2D eigenvalue weighted by molar-refractivity contribution is -0.114. The van der Waals surface area contributed by atoms with Crippen LogP contribution in [0.4, 0.5) is 10.1 Å². The van der Waals surface area contributed by atoms with Gasteiger partial charge in [-0.1, -0.05) is 24.3 Å². The summed E-state index contributed by atoms with van der Waals surface area (Å²) in [5, 5.41) is 5.80. The summed E-state index contributed by atoms with van der Waals surface area (Å²) in [6.45, 7) is 3.12. The van der Waals surface area contributed by atoms with E-state index >= 15 is 0 Å². The monoisotopic (exact) mass is 500 g/mol. The number of carbonyl (C=O) groups is 1. The van der Waals surface area contributed by atoms with Crippen molar-refractivity contribution in [1.82, 2.24) is 10.2 Å². The van der Waals surface area contributed by atoms with Crippen LogP contribution >= 0.6 is 24.0 Å². The van der Waals surface area contributed by atoms with Gasteiger partial charge in [0.2, 0.25) is 5.91 Å². The number of benzene rings is 2. The molecule has 0 saturated carbocycles. The Morgan fingerprint density at radius 3 is 2.64 bits per heavy atom. The Kier molecular flexibility index (Phi) is 10.3. The van der Waals surface area contributed by atoms with Gasteiger partial charge in [-0.05, 0) is 31.2 Å². The molecule has 6 nitrogen and oxygen atoms in total. The molecule has 0 bridgehead atoms. The minimum absolute atomic E-state index is 0. The molecule has 2 rings (SSSR count). The normalized spacial score (nSPS) is 10.6. The summed E-state index contributed by atoms with van der Waals surface area (Å²) < 4.78 is 18.6. The highest BCUT2D eigenvalue weighted by Gasteiger charge is 2.11. The van der Waals surface area contributed by atoms with Crippen molar-refractivity contribution in [2.75, 3.05) is 32.6 Å². The quantitative estimate of drug-likeness (QED) is 0.347. The minimum atomic E-state index is -0.402. The van der Waals surface area contributed by atoms with Crippen LogP contribution in [-0.4, -0.2) is 44.0 Å². The van der Waals surface area contributed by atoms with Gasteiger partial charge < -0.3 is 20.3 Å². The van der Waals surface area contributed by atoms with Crippen LogP contribution < -0.4 is 15.4 Å². The van der Waals surface area contributed by atoms with E-state index in [4.69, 9.17) is 4.74 Å². The number of hydrogen-bond donors (Lipinski definition) is 2. The summed E-state index contributed by atoms with van der Waals surface area (Å²) >= 11 is 0. The molecule has 2 aromatic carbocycles. The maximum Gasteiger partial charge on any atom is 0.246 e. The molecule has 0 atom stereocenters. The topological polar surface area (TPSA) is 66.0 Å². The Morgan fingerprint density at radius 2 is 1.96 bits per heavy atom. The first-order chi connectivity index (χ1) is 13.0. The van der Waals surface area contributed by atoms with E-state index < -0.39 is 5.82 Å². The van der Waals surface area contributed by atoms with Crippen molar-refractivity contribution in [3.8, 4) is 5.75 Å². The predicted octanol–water partition coefficient (Wildman–Crippen LogP) is 3.49. The fourth-order valence-corrected chi connectivity index (χ4v) is 2.55. The number of nitrogens with one attached hydrogen (secondary N) is 2. The third-order valence-electron chi connectivity index (χ3n) is 3.78. The maximum atomic E-state index is 13.2. The summed E-state index contributed by atoms with van der Waals surface area (Å²) in [5.41, 5.74) is 1.42. The molecule has 1 amide bonds. The van der Waals surface area contributed by atoms with E-state index in [0.29, 0.717) is 24.7 Å². The van der Waals surface area contributed by atoms with Crippen molar-refractivity contribution in [1.29, 1.82) is 0 Å². The Balaban J connectivity index is 0.00000392. The first kappa shape index (κ1) is 23.7. The van der Waals surface area contributed by atoms with Gasteiger partial charge in [-0.25, -0.2) is 9.38 Å². The Morgan fingerprint density at radius 1 is 1.21 bits per heavy atom. The van der Waals surface area contributed by atoms with Gasteiger partial charge in [-0.15, -0.1) is 24.0 Å². The average Bonchev–Trinajstić information content (AvgIpc) is 2.65. The molecular formula is C20H26FIN4O2. The zero-order chi connectivity index (χ0) is 19.6. The van der Waals surface area contributed by atoms with Gasteiger partial charge in [0, 0.05) is 31.4 Å². The fourth-order valence-electron chi connectivity index (χ4n) is 2.55. The van der Waals surface area contributed by atoms with E-state index in [1.807, 2.05) is 43.1 Å². The maximum absolute atomic E-state index is 13.2. The van der Waals surface area contributed by atoms with Gasteiger partial charge in [-0.3, -0.25) is 4.79 Å². The third-order valence-corrected chi connectivity index (χ3v) is 3.78. The van der Waals surface area contributed by atoms with Crippen LogP contribution in [0.25, 0.3) is 0 Å². The number of guanidine groups is 1. The Bertz CT molecular complexity index is 801. The van der Waals surface area contributed by atoms with Crippen molar-refractivity contribution in [3.63, 3.8) is 0 Å². The molecule has 0 aliphatic carbocycles. The van der Waals surface area contributed by atoms with Gasteiger partial charge in [0.15, 0.2) is 5.96 Å². The minimum Gasteiger partial charge on any atom is -0.496 e. The molecule has 0 spiro atoms. The summed E-state index contributed by atoms with van der Waals surface area (Å²) in [6.07, 6.45) is 0. The van der Waals surface area contributed by atoms with Gasteiger partial charge in [0.25, 0.3) is 0 Å². The van der Waals surface area contributed by atoms with E-state index in [2.05, 4.69) is 15.6 Å². The van der Waals surface area contributed by atoms with Crippen molar-refractivity contribution in [2.24, 2.45) is 4.99 Å². The van der Waals surface area contributed by atoms with E-state index in [1.54, 1.807) is 19.2 Å². The molecule has 0 aromatic heterocycles. The molecule has 0 heterocycles. The van der Waals surface area contributed by atoms with E-state index in [-0.39, 0.29) is 36.4 Å². The smallest absolute Gasteiger partial charge is 0.246 e. The number of ether oxygens (including phenoxy) is 1. The standard InChI is InChI=1S/C20H25FN4O2.HI/c1-4-22-20(25(2)14-15-8-5-6-11-18(15)27-3)23-13-19(26)24-17-10-7-9-16(21)12-17;/h5-12H,4,13-14H2,1-3H3,(H,22,23)(H,24,26);1H. The summed E-state index contributed by atoms with van der Waals surface area (Å²) in [7, 11) is 3.52. The second-order valence-electron chi connectivity index (χ2n) is 5.90. The molecular weight excluding hydrogens is 474 g/mol. The van der Waals surface area contributed by atoms with Gasteiger partial charge in [0.1, 0.15) is 18.1 Å². The van der Waals surface area contributed by atoms with Crippen LogP contribution in [0.15, 0.2) is 53.5 Å². The number of hydrogen-bond acceptors (Lipinski definition) is 3. The lowest BCUT2D eigenvalue weighted by Crippen LogP contribution is -2.39. The molecule has 152 valence electrons. The van der Waals surface area contributed by atoms with Gasteiger partial charge in [-0.2, -0.15) is 0 Å². The summed E-state index contributed by atoms with van der Waals surface area (Å²) in [6, 6.07) is 13.5. The summed E-state index contributed by atoms with van der Waals surface area (Å²) in [5.74, 6) is 0.671. The number of methoxy groups -OCH3 is 1. The average molecular weight is 500 g/mol. The Hall–Kier alpha value is -2.36. The van der Waals surface area contributed by atoms with Crippen LogP contribution in [0.5, 0.6) is 5.75 Å². The van der Waals surface area contributed by atoms with Crippen molar-refractivity contribution in [2.45, 2.75) is 13.5 Å². The molecule has 8 heteroatoms. The number of halogens is 2. The van der Waals surface area contributed by atoms with Gasteiger partial charge >= 0.3 is 0 Å². The zero-order valence-electron chi connectivity index (χ0n) is 16.2. The molecule has 0 unspecified atom stereocenters. The molecule has 0 aliphatic rings. The molecule has 2 aromatic rings. The molecule has 2 N–H and O–H groups in total.